The SMILES string of the molecule is C=C(C)CNC(=O)c1sc(NC)nc1N. The molecule has 0 aliphatic rings. The van der Waals surface area contributed by atoms with Gasteiger partial charge in [0.25, 0.3) is 5.91 Å². The van der Waals surface area contributed by atoms with E-state index in [0.29, 0.717) is 16.6 Å². The first kappa shape index (κ1) is 11.5. The van der Waals surface area contributed by atoms with Crippen molar-refractivity contribution in [2.45, 2.75) is 6.92 Å². The predicted octanol–water partition coefficient (Wildman–Crippen LogP) is 1.07. The smallest absolute Gasteiger partial charge is 0.265 e. The number of nitrogens with two attached hydrogens (primary N) is 1. The molecule has 0 saturated heterocycles. The lowest BCUT2D eigenvalue weighted by molar-refractivity contribution is 0.0961. The fourth-order valence-corrected chi connectivity index (χ4v) is 1.67. The molecule has 0 atom stereocenters. The second-order valence-corrected chi connectivity index (χ2v) is 4.12. The molecular weight excluding hydrogens is 212 g/mol. The van der Waals surface area contributed by atoms with E-state index in [1.807, 2.05) is 6.92 Å². The van der Waals surface area contributed by atoms with Crippen molar-refractivity contribution in [1.82, 2.24) is 10.3 Å². The van der Waals surface area contributed by atoms with Gasteiger partial charge in [-0.05, 0) is 6.92 Å². The van der Waals surface area contributed by atoms with Crippen LogP contribution in [0.15, 0.2) is 12.2 Å². The average Bonchev–Trinajstić information content (AvgIpc) is 2.56. The third-order valence-corrected chi connectivity index (χ3v) is 2.71. The first-order valence-electron chi connectivity index (χ1n) is 4.41. The van der Waals surface area contributed by atoms with Crippen LogP contribution in [0.2, 0.25) is 0 Å². The van der Waals surface area contributed by atoms with E-state index in [1.54, 1.807) is 7.05 Å². The lowest BCUT2D eigenvalue weighted by atomic mass is 10.3. The third kappa shape index (κ3) is 2.95. The maximum absolute atomic E-state index is 11.6. The van der Waals surface area contributed by atoms with Gasteiger partial charge in [0, 0.05) is 13.6 Å². The van der Waals surface area contributed by atoms with Crippen LogP contribution in [0.1, 0.15) is 16.6 Å². The van der Waals surface area contributed by atoms with Gasteiger partial charge in [-0.25, -0.2) is 4.98 Å². The molecule has 1 aromatic heterocycles. The van der Waals surface area contributed by atoms with Crippen LogP contribution >= 0.6 is 11.3 Å². The van der Waals surface area contributed by atoms with E-state index in [-0.39, 0.29) is 11.7 Å². The van der Waals surface area contributed by atoms with Gasteiger partial charge in [0.1, 0.15) is 10.7 Å². The molecule has 1 rings (SSSR count). The number of nitrogens with one attached hydrogen (secondary N) is 2. The number of anilines is 2. The lowest BCUT2D eigenvalue weighted by Gasteiger charge is -2.02. The van der Waals surface area contributed by atoms with Gasteiger partial charge >= 0.3 is 0 Å². The summed E-state index contributed by atoms with van der Waals surface area (Å²) in [7, 11) is 1.73. The van der Waals surface area contributed by atoms with Crippen LogP contribution in [-0.2, 0) is 0 Å². The molecule has 0 aromatic carbocycles. The number of hydrogen-bond donors (Lipinski definition) is 3. The molecule has 0 unspecified atom stereocenters. The van der Waals surface area contributed by atoms with Gasteiger partial charge in [-0.1, -0.05) is 23.5 Å². The van der Waals surface area contributed by atoms with Gasteiger partial charge in [-0.3, -0.25) is 4.79 Å². The number of aromatic nitrogens is 1. The van der Waals surface area contributed by atoms with E-state index in [0.717, 1.165) is 5.57 Å². The number of hydrogen-bond acceptors (Lipinski definition) is 5. The van der Waals surface area contributed by atoms with Crippen LogP contribution in [0.5, 0.6) is 0 Å². The highest BCUT2D eigenvalue weighted by molar-refractivity contribution is 7.18. The normalized spacial score (nSPS) is 9.73. The van der Waals surface area contributed by atoms with Gasteiger partial charge in [0.2, 0.25) is 0 Å². The zero-order valence-electron chi connectivity index (χ0n) is 8.76. The summed E-state index contributed by atoms with van der Waals surface area (Å²) >= 11 is 1.23. The molecule has 6 heteroatoms. The van der Waals surface area contributed by atoms with Crippen LogP contribution in [-0.4, -0.2) is 24.5 Å². The van der Waals surface area contributed by atoms with Crippen molar-refractivity contribution >= 4 is 28.2 Å². The van der Waals surface area contributed by atoms with E-state index in [9.17, 15) is 4.79 Å². The molecule has 0 spiro atoms. The Balaban J connectivity index is 2.72. The van der Waals surface area contributed by atoms with Gasteiger partial charge in [-0.15, -0.1) is 0 Å². The second kappa shape index (κ2) is 4.79. The maximum Gasteiger partial charge on any atom is 0.265 e. The molecule has 0 aliphatic carbocycles. The molecule has 0 bridgehead atoms. The highest BCUT2D eigenvalue weighted by Gasteiger charge is 2.14. The number of nitrogen functional groups attached to an aromatic ring is 1. The Kier molecular flexibility index (Phi) is 3.68. The van der Waals surface area contributed by atoms with E-state index in [4.69, 9.17) is 5.73 Å². The standard InChI is InChI=1S/C9H14N4OS/c1-5(2)4-12-8(14)6-7(10)13-9(11-3)15-6/h1,4,10H2,2-3H3,(H,11,13)(H,12,14). The summed E-state index contributed by atoms with van der Waals surface area (Å²) < 4.78 is 0. The summed E-state index contributed by atoms with van der Waals surface area (Å²) in [4.78, 5) is 16.0. The average molecular weight is 226 g/mol. The number of carbonyl (C=O) groups is 1. The zero-order chi connectivity index (χ0) is 11.4. The topological polar surface area (TPSA) is 80.0 Å². The summed E-state index contributed by atoms with van der Waals surface area (Å²) in [5, 5.41) is 6.17. The summed E-state index contributed by atoms with van der Waals surface area (Å²) in [6.07, 6.45) is 0. The molecule has 1 amide bonds. The summed E-state index contributed by atoms with van der Waals surface area (Å²) in [6.45, 7) is 5.99. The van der Waals surface area contributed by atoms with Crippen molar-refractivity contribution in [3.05, 3.63) is 17.0 Å². The highest BCUT2D eigenvalue weighted by atomic mass is 32.1. The quantitative estimate of drug-likeness (QED) is 0.671. The molecule has 5 nitrogen and oxygen atoms in total. The Bertz CT molecular complexity index is 385. The van der Waals surface area contributed by atoms with Crippen LogP contribution in [0.25, 0.3) is 0 Å². The molecule has 0 fully saturated rings. The molecular formula is C9H14N4OS. The monoisotopic (exact) mass is 226 g/mol. The van der Waals surface area contributed by atoms with Crippen molar-refractivity contribution in [1.29, 1.82) is 0 Å². The molecule has 0 saturated carbocycles. The Labute approximate surface area is 92.4 Å². The summed E-state index contributed by atoms with van der Waals surface area (Å²) in [5.41, 5.74) is 6.49. The molecule has 15 heavy (non-hydrogen) atoms. The van der Waals surface area contributed by atoms with Crippen molar-refractivity contribution in [3.8, 4) is 0 Å². The van der Waals surface area contributed by atoms with Crippen molar-refractivity contribution in [3.63, 3.8) is 0 Å². The summed E-state index contributed by atoms with van der Waals surface area (Å²) in [5.74, 6) is 0.0399. The van der Waals surface area contributed by atoms with Gasteiger partial charge in [0.15, 0.2) is 5.13 Å². The first-order chi connectivity index (χ1) is 7.04. The number of rotatable bonds is 4. The third-order valence-electron chi connectivity index (χ3n) is 1.62. The highest BCUT2D eigenvalue weighted by Crippen LogP contribution is 2.24. The lowest BCUT2D eigenvalue weighted by Crippen LogP contribution is -2.24. The van der Waals surface area contributed by atoms with Crippen molar-refractivity contribution in [2.24, 2.45) is 0 Å². The Morgan fingerprint density at radius 1 is 1.67 bits per heavy atom. The number of amides is 1. The van der Waals surface area contributed by atoms with Gasteiger partial charge < -0.3 is 16.4 Å². The van der Waals surface area contributed by atoms with E-state index < -0.39 is 0 Å². The van der Waals surface area contributed by atoms with Crippen LogP contribution in [0.4, 0.5) is 10.9 Å². The molecule has 0 aliphatic heterocycles. The first-order valence-corrected chi connectivity index (χ1v) is 5.23. The number of carbonyl (C=O) groups excluding carboxylic acids is 1. The van der Waals surface area contributed by atoms with Crippen molar-refractivity contribution < 1.29 is 4.79 Å². The van der Waals surface area contributed by atoms with Crippen LogP contribution in [0, 0.1) is 0 Å². The minimum Gasteiger partial charge on any atom is -0.382 e. The molecule has 1 heterocycles. The second-order valence-electron chi connectivity index (χ2n) is 3.12. The fourth-order valence-electron chi connectivity index (χ4n) is 0.913. The van der Waals surface area contributed by atoms with Crippen LogP contribution in [0.3, 0.4) is 0 Å². The van der Waals surface area contributed by atoms with E-state index in [1.165, 1.54) is 11.3 Å². The van der Waals surface area contributed by atoms with Gasteiger partial charge in [-0.2, -0.15) is 0 Å². The number of thiazole rings is 1. The van der Waals surface area contributed by atoms with E-state index in [2.05, 4.69) is 22.2 Å². The predicted molar refractivity (Wildman–Crippen MR) is 63.2 cm³/mol. The Morgan fingerprint density at radius 3 is 2.80 bits per heavy atom. The number of nitrogens with zero attached hydrogens (tertiary/aromatic N) is 1. The van der Waals surface area contributed by atoms with E-state index >= 15 is 0 Å². The maximum atomic E-state index is 11.6. The molecule has 4 N–H and O–H groups in total. The van der Waals surface area contributed by atoms with Gasteiger partial charge in [0.05, 0.1) is 0 Å². The zero-order valence-corrected chi connectivity index (χ0v) is 9.57. The molecule has 82 valence electrons. The van der Waals surface area contributed by atoms with Crippen LogP contribution < -0.4 is 16.4 Å². The Hall–Kier alpha value is -1.56. The fraction of sp³-hybridized carbons (Fsp3) is 0.333. The Morgan fingerprint density at radius 2 is 2.33 bits per heavy atom. The molecule has 0 radical (unpaired) electrons. The molecule has 1 aromatic rings. The summed E-state index contributed by atoms with van der Waals surface area (Å²) in [6, 6.07) is 0. The minimum atomic E-state index is -0.213. The largest absolute Gasteiger partial charge is 0.382 e. The minimum absolute atomic E-state index is 0.213. The van der Waals surface area contributed by atoms with Crippen molar-refractivity contribution in [2.75, 3.05) is 24.6 Å².